The minimum absolute atomic E-state index is 0.438. The molecule has 7 heteroatoms. The Bertz CT molecular complexity index is 422. The Kier molecular flexibility index (Phi) is 3.90. The molecule has 0 fully saturated rings. The molecule has 0 saturated carbocycles. The second-order valence-electron chi connectivity index (χ2n) is 2.74. The van der Waals surface area contributed by atoms with E-state index in [-0.39, 0.29) is 0 Å². The number of carbonyl (C=O) groups is 2. The van der Waals surface area contributed by atoms with Crippen LogP contribution in [0.4, 0.5) is 8.78 Å². The molecular formula is C9H7F2NO4. The number of nitrogens with one attached hydrogen (secondary N) is 1. The number of hydroxylamine groups is 1. The number of benzene rings is 1. The summed E-state index contributed by atoms with van der Waals surface area (Å²) in [5, 5.41) is 8.19. The normalized spacial score (nSPS) is 9.88. The fourth-order valence-corrected chi connectivity index (χ4v) is 0.892. The summed E-state index contributed by atoms with van der Waals surface area (Å²) in [5.41, 5.74) is 1.27. The van der Waals surface area contributed by atoms with Crippen molar-refractivity contribution in [3.63, 3.8) is 0 Å². The molecule has 0 aromatic heterocycles. The molecule has 0 aliphatic rings. The van der Waals surface area contributed by atoms with Crippen LogP contribution in [0.5, 0.6) is 0 Å². The number of carboxylic acid groups (broad SMARTS) is 1. The van der Waals surface area contributed by atoms with E-state index in [9.17, 15) is 18.4 Å². The molecule has 5 nitrogen and oxygen atoms in total. The van der Waals surface area contributed by atoms with E-state index < -0.39 is 35.7 Å². The van der Waals surface area contributed by atoms with Crippen LogP contribution in [0.2, 0.25) is 0 Å². The van der Waals surface area contributed by atoms with Crippen LogP contribution in [0.3, 0.4) is 0 Å². The van der Waals surface area contributed by atoms with Gasteiger partial charge in [0, 0.05) is 6.07 Å². The summed E-state index contributed by atoms with van der Waals surface area (Å²) < 4.78 is 25.5. The largest absolute Gasteiger partial charge is 0.479 e. The fraction of sp³-hybridized carbons (Fsp3) is 0.111. The van der Waals surface area contributed by atoms with Gasteiger partial charge in [0.25, 0.3) is 5.91 Å². The number of carboxylic acids is 1. The van der Waals surface area contributed by atoms with E-state index >= 15 is 0 Å². The van der Waals surface area contributed by atoms with Gasteiger partial charge in [0.2, 0.25) is 0 Å². The number of amides is 1. The lowest BCUT2D eigenvalue weighted by molar-refractivity contribution is -0.144. The summed E-state index contributed by atoms with van der Waals surface area (Å²) in [4.78, 5) is 25.4. The summed E-state index contributed by atoms with van der Waals surface area (Å²) in [6.45, 7) is -0.755. The minimum atomic E-state index is -1.29. The van der Waals surface area contributed by atoms with Crippen molar-refractivity contribution in [2.24, 2.45) is 0 Å². The van der Waals surface area contributed by atoms with Crippen LogP contribution in [0.15, 0.2) is 18.2 Å². The number of carbonyl (C=O) groups excluding carboxylic acids is 1. The topological polar surface area (TPSA) is 75.6 Å². The van der Waals surface area contributed by atoms with E-state index in [2.05, 4.69) is 4.84 Å². The van der Waals surface area contributed by atoms with Gasteiger partial charge in [0.15, 0.2) is 6.61 Å². The molecule has 2 N–H and O–H groups in total. The van der Waals surface area contributed by atoms with Crippen LogP contribution in [0, 0.1) is 11.6 Å². The van der Waals surface area contributed by atoms with Crippen molar-refractivity contribution in [1.82, 2.24) is 5.48 Å². The summed E-state index contributed by atoms with van der Waals surface area (Å²) >= 11 is 0. The molecular weight excluding hydrogens is 224 g/mol. The number of rotatable bonds is 4. The Morgan fingerprint density at radius 2 is 2.06 bits per heavy atom. The maximum atomic E-state index is 13.0. The number of aliphatic carboxylic acids is 1. The van der Waals surface area contributed by atoms with Crippen LogP contribution in [-0.4, -0.2) is 23.6 Å². The van der Waals surface area contributed by atoms with Gasteiger partial charge < -0.3 is 5.11 Å². The van der Waals surface area contributed by atoms with Gasteiger partial charge in [-0.05, 0) is 12.1 Å². The summed E-state index contributed by atoms with van der Waals surface area (Å²) in [6, 6.07) is 2.35. The summed E-state index contributed by atoms with van der Waals surface area (Å²) in [7, 11) is 0. The Morgan fingerprint density at radius 3 is 2.62 bits per heavy atom. The van der Waals surface area contributed by atoms with E-state index in [1.807, 2.05) is 0 Å². The van der Waals surface area contributed by atoms with Crippen molar-refractivity contribution in [2.75, 3.05) is 6.61 Å². The molecule has 0 unspecified atom stereocenters. The standard InChI is InChI=1S/C9H7F2NO4/c10-5-1-2-6(7(11)3-5)9(15)12-16-4-8(13)14/h1-3H,4H2,(H,12,15)(H,13,14). The number of hydrogen-bond acceptors (Lipinski definition) is 3. The molecule has 0 aliphatic heterocycles. The number of hydrogen-bond donors (Lipinski definition) is 2. The predicted octanol–water partition coefficient (Wildman–Crippen LogP) is 0.711. The van der Waals surface area contributed by atoms with Crippen LogP contribution < -0.4 is 5.48 Å². The second kappa shape index (κ2) is 5.17. The lowest BCUT2D eigenvalue weighted by Crippen LogP contribution is -2.27. The lowest BCUT2D eigenvalue weighted by atomic mass is 10.2. The van der Waals surface area contributed by atoms with Crippen molar-refractivity contribution in [1.29, 1.82) is 0 Å². The van der Waals surface area contributed by atoms with Crippen molar-refractivity contribution in [2.45, 2.75) is 0 Å². The van der Waals surface area contributed by atoms with Gasteiger partial charge in [-0.15, -0.1) is 0 Å². The SMILES string of the molecule is O=C(O)CONC(=O)c1ccc(F)cc1F. The first-order valence-electron chi connectivity index (χ1n) is 4.09. The van der Waals surface area contributed by atoms with E-state index in [0.29, 0.717) is 6.07 Å². The minimum Gasteiger partial charge on any atom is -0.479 e. The lowest BCUT2D eigenvalue weighted by Gasteiger charge is -2.04. The van der Waals surface area contributed by atoms with Gasteiger partial charge >= 0.3 is 5.97 Å². The predicted molar refractivity (Wildman–Crippen MR) is 47.4 cm³/mol. The van der Waals surface area contributed by atoms with Gasteiger partial charge in [-0.3, -0.25) is 9.63 Å². The first kappa shape index (κ1) is 12.1. The molecule has 0 atom stereocenters. The molecule has 0 spiro atoms. The van der Waals surface area contributed by atoms with E-state index in [0.717, 1.165) is 12.1 Å². The number of halogens is 2. The molecule has 0 radical (unpaired) electrons. The molecule has 1 aromatic rings. The third-order valence-electron chi connectivity index (χ3n) is 1.54. The highest BCUT2D eigenvalue weighted by Crippen LogP contribution is 2.08. The van der Waals surface area contributed by atoms with Crippen molar-refractivity contribution < 1.29 is 28.3 Å². The van der Waals surface area contributed by atoms with Crippen molar-refractivity contribution in [3.8, 4) is 0 Å². The van der Waals surface area contributed by atoms with Gasteiger partial charge in [0.1, 0.15) is 11.6 Å². The Labute approximate surface area is 88.6 Å². The first-order chi connectivity index (χ1) is 7.50. The van der Waals surface area contributed by atoms with Crippen molar-refractivity contribution in [3.05, 3.63) is 35.4 Å². The molecule has 1 rings (SSSR count). The van der Waals surface area contributed by atoms with Gasteiger partial charge in [-0.25, -0.2) is 19.1 Å². The average molecular weight is 231 g/mol. The van der Waals surface area contributed by atoms with Crippen LogP contribution >= 0.6 is 0 Å². The fourth-order valence-electron chi connectivity index (χ4n) is 0.892. The Hall–Kier alpha value is -2.02. The molecule has 86 valence electrons. The van der Waals surface area contributed by atoms with Gasteiger partial charge in [-0.1, -0.05) is 0 Å². The third kappa shape index (κ3) is 3.28. The molecule has 0 aliphatic carbocycles. The maximum Gasteiger partial charge on any atom is 0.332 e. The Morgan fingerprint density at radius 1 is 1.38 bits per heavy atom. The third-order valence-corrected chi connectivity index (χ3v) is 1.54. The highest BCUT2D eigenvalue weighted by molar-refractivity contribution is 5.93. The smallest absolute Gasteiger partial charge is 0.332 e. The Balaban J connectivity index is 2.63. The molecule has 1 aromatic carbocycles. The highest BCUT2D eigenvalue weighted by Gasteiger charge is 2.12. The van der Waals surface area contributed by atoms with E-state index in [1.165, 1.54) is 0 Å². The molecule has 1 amide bonds. The van der Waals surface area contributed by atoms with E-state index in [1.54, 1.807) is 5.48 Å². The zero-order valence-electron chi connectivity index (χ0n) is 7.87. The monoisotopic (exact) mass is 231 g/mol. The molecule has 0 bridgehead atoms. The summed E-state index contributed by atoms with van der Waals surface area (Å²) in [5.74, 6) is -4.16. The van der Waals surface area contributed by atoms with Crippen LogP contribution in [-0.2, 0) is 9.63 Å². The zero-order chi connectivity index (χ0) is 12.1. The summed E-state index contributed by atoms with van der Waals surface area (Å²) in [6.07, 6.45) is 0. The molecule has 0 saturated heterocycles. The maximum absolute atomic E-state index is 13.0. The van der Waals surface area contributed by atoms with Crippen LogP contribution in [0.25, 0.3) is 0 Å². The zero-order valence-corrected chi connectivity index (χ0v) is 7.87. The van der Waals surface area contributed by atoms with Gasteiger partial charge in [-0.2, -0.15) is 0 Å². The highest BCUT2D eigenvalue weighted by atomic mass is 19.1. The van der Waals surface area contributed by atoms with Gasteiger partial charge in [0.05, 0.1) is 5.56 Å². The molecule has 16 heavy (non-hydrogen) atoms. The quantitative estimate of drug-likeness (QED) is 0.748. The second-order valence-corrected chi connectivity index (χ2v) is 2.74. The van der Waals surface area contributed by atoms with Crippen LogP contribution in [0.1, 0.15) is 10.4 Å². The van der Waals surface area contributed by atoms with Crippen molar-refractivity contribution >= 4 is 11.9 Å². The van der Waals surface area contributed by atoms with E-state index in [4.69, 9.17) is 5.11 Å². The molecule has 0 heterocycles. The average Bonchev–Trinajstić information content (AvgIpc) is 2.16. The first-order valence-corrected chi connectivity index (χ1v) is 4.09.